The monoisotopic (exact) mass is 327 g/mol. The van der Waals surface area contributed by atoms with Crippen LogP contribution in [0.5, 0.6) is 0 Å². The highest BCUT2D eigenvalue weighted by atomic mass is 16.2. The fourth-order valence-corrected chi connectivity index (χ4v) is 2.65. The SMILES string of the molecule is CCn1ncc(C(C)NC(=O)c2ccn(Cn3cccn3)n2)c1C. The molecule has 24 heavy (non-hydrogen) atoms. The Morgan fingerprint density at radius 2 is 2.12 bits per heavy atom. The van der Waals surface area contributed by atoms with Gasteiger partial charge in [0.25, 0.3) is 5.91 Å². The highest BCUT2D eigenvalue weighted by molar-refractivity contribution is 5.92. The van der Waals surface area contributed by atoms with Crippen molar-refractivity contribution in [3.63, 3.8) is 0 Å². The van der Waals surface area contributed by atoms with Crippen molar-refractivity contribution in [1.82, 2.24) is 34.7 Å². The summed E-state index contributed by atoms with van der Waals surface area (Å²) in [5.74, 6) is -0.203. The van der Waals surface area contributed by atoms with E-state index in [2.05, 4.69) is 20.6 Å². The summed E-state index contributed by atoms with van der Waals surface area (Å²) >= 11 is 0. The number of aromatic nitrogens is 6. The zero-order valence-corrected chi connectivity index (χ0v) is 14.0. The summed E-state index contributed by atoms with van der Waals surface area (Å²) < 4.78 is 5.32. The van der Waals surface area contributed by atoms with Gasteiger partial charge in [-0.3, -0.25) is 18.8 Å². The average molecular weight is 327 g/mol. The summed E-state index contributed by atoms with van der Waals surface area (Å²) in [6.07, 6.45) is 7.12. The molecule has 3 aromatic rings. The first kappa shape index (κ1) is 16.0. The lowest BCUT2D eigenvalue weighted by Crippen LogP contribution is -2.27. The van der Waals surface area contributed by atoms with Crippen molar-refractivity contribution in [2.24, 2.45) is 0 Å². The molecule has 0 fully saturated rings. The maximum absolute atomic E-state index is 12.4. The van der Waals surface area contributed by atoms with Crippen LogP contribution in [0.4, 0.5) is 0 Å². The molecule has 0 aliphatic heterocycles. The maximum Gasteiger partial charge on any atom is 0.272 e. The number of nitrogens with one attached hydrogen (secondary N) is 1. The molecular formula is C16H21N7O. The number of nitrogens with zero attached hydrogens (tertiary/aromatic N) is 6. The van der Waals surface area contributed by atoms with Crippen molar-refractivity contribution in [3.05, 3.63) is 53.9 Å². The van der Waals surface area contributed by atoms with Crippen molar-refractivity contribution < 1.29 is 4.79 Å². The molecule has 1 N–H and O–H groups in total. The van der Waals surface area contributed by atoms with Gasteiger partial charge >= 0.3 is 0 Å². The summed E-state index contributed by atoms with van der Waals surface area (Å²) in [7, 11) is 0. The fraction of sp³-hybridized carbons (Fsp3) is 0.375. The average Bonchev–Trinajstić information content (AvgIpc) is 3.28. The van der Waals surface area contributed by atoms with Crippen LogP contribution in [0.2, 0.25) is 0 Å². The zero-order chi connectivity index (χ0) is 17.1. The van der Waals surface area contributed by atoms with Crippen LogP contribution in [-0.4, -0.2) is 35.2 Å². The third-order valence-corrected chi connectivity index (χ3v) is 3.98. The largest absolute Gasteiger partial charge is 0.344 e. The Labute approximate surface area is 140 Å². The lowest BCUT2D eigenvalue weighted by atomic mass is 10.1. The second-order valence-corrected chi connectivity index (χ2v) is 5.62. The molecule has 3 aromatic heterocycles. The van der Waals surface area contributed by atoms with E-state index < -0.39 is 0 Å². The van der Waals surface area contributed by atoms with Crippen molar-refractivity contribution in [2.45, 2.75) is 40.0 Å². The Bertz CT molecular complexity index is 815. The molecule has 1 atom stereocenters. The minimum Gasteiger partial charge on any atom is -0.344 e. The first-order valence-electron chi connectivity index (χ1n) is 7.92. The van der Waals surface area contributed by atoms with Crippen LogP contribution in [0.1, 0.15) is 41.6 Å². The summed E-state index contributed by atoms with van der Waals surface area (Å²) in [6.45, 7) is 7.28. The van der Waals surface area contributed by atoms with Crippen LogP contribution in [0.3, 0.4) is 0 Å². The van der Waals surface area contributed by atoms with Crippen LogP contribution in [-0.2, 0) is 13.2 Å². The number of rotatable bonds is 6. The Kier molecular flexibility index (Phi) is 4.45. The molecule has 1 unspecified atom stereocenters. The van der Waals surface area contributed by atoms with E-state index in [1.807, 2.05) is 37.7 Å². The topological polar surface area (TPSA) is 82.6 Å². The van der Waals surface area contributed by atoms with Gasteiger partial charge in [-0.25, -0.2) is 0 Å². The standard InChI is InChI=1S/C16H21N7O/c1-4-23-13(3)14(10-18-23)12(2)19-16(24)15-6-9-22(20-15)11-21-8-5-7-17-21/h5-10,12H,4,11H2,1-3H3,(H,19,24). The molecule has 0 spiro atoms. The van der Waals surface area contributed by atoms with Gasteiger partial charge in [-0.2, -0.15) is 15.3 Å². The van der Waals surface area contributed by atoms with Crippen LogP contribution in [0, 0.1) is 6.92 Å². The van der Waals surface area contributed by atoms with Gasteiger partial charge in [-0.05, 0) is 32.9 Å². The molecule has 0 saturated heterocycles. The van der Waals surface area contributed by atoms with E-state index in [1.165, 1.54) is 0 Å². The van der Waals surface area contributed by atoms with Gasteiger partial charge in [0.15, 0.2) is 0 Å². The van der Waals surface area contributed by atoms with E-state index in [4.69, 9.17) is 0 Å². The fourth-order valence-electron chi connectivity index (χ4n) is 2.65. The van der Waals surface area contributed by atoms with E-state index in [9.17, 15) is 4.79 Å². The molecular weight excluding hydrogens is 306 g/mol. The maximum atomic E-state index is 12.4. The van der Waals surface area contributed by atoms with Crippen molar-refractivity contribution in [3.8, 4) is 0 Å². The quantitative estimate of drug-likeness (QED) is 0.745. The minimum absolute atomic E-state index is 0.130. The molecule has 0 aromatic carbocycles. The number of hydrogen-bond acceptors (Lipinski definition) is 4. The van der Waals surface area contributed by atoms with Gasteiger partial charge in [0.1, 0.15) is 12.4 Å². The van der Waals surface area contributed by atoms with Gasteiger partial charge in [-0.1, -0.05) is 0 Å². The molecule has 0 saturated carbocycles. The molecule has 0 bridgehead atoms. The summed E-state index contributed by atoms with van der Waals surface area (Å²) in [6, 6.07) is 3.42. The van der Waals surface area contributed by atoms with Gasteiger partial charge in [-0.15, -0.1) is 0 Å². The summed E-state index contributed by atoms with van der Waals surface area (Å²) in [5.41, 5.74) is 2.46. The lowest BCUT2D eigenvalue weighted by molar-refractivity contribution is 0.0933. The molecule has 1 amide bonds. The van der Waals surface area contributed by atoms with Crippen LogP contribution >= 0.6 is 0 Å². The first-order chi connectivity index (χ1) is 11.6. The molecule has 3 rings (SSSR count). The second kappa shape index (κ2) is 6.69. The number of carbonyl (C=O) groups excluding carboxylic acids is 1. The highest BCUT2D eigenvalue weighted by Gasteiger charge is 2.17. The molecule has 3 heterocycles. The van der Waals surface area contributed by atoms with Crippen LogP contribution < -0.4 is 5.32 Å². The van der Waals surface area contributed by atoms with Crippen molar-refractivity contribution >= 4 is 5.91 Å². The normalized spacial score (nSPS) is 12.3. The van der Waals surface area contributed by atoms with E-state index >= 15 is 0 Å². The van der Waals surface area contributed by atoms with E-state index in [0.717, 1.165) is 17.8 Å². The first-order valence-corrected chi connectivity index (χ1v) is 7.92. The van der Waals surface area contributed by atoms with Gasteiger partial charge in [0, 0.05) is 36.4 Å². The van der Waals surface area contributed by atoms with Gasteiger partial charge < -0.3 is 5.32 Å². The predicted molar refractivity (Wildman–Crippen MR) is 88.4 cm³/mol. The van der Waals surface area contributed by atoms with Crippen molar-refractivity contribution in [2.75, 3.05) is 0 Å². The Balaban J connectivity index is 1.66. The third-order valence-electron chi connectivity index (χ3n) is 3.98. The molecule has 8 heteroatoms. The molecule has 0 aliphatic rings. The number of amides is 1. The molecule has 8 nitrogen and oxygen atoms in total. The predicted octanol–water partition coefficient (Wildman–Crippen LogP) is 1.60. The third kappa shape index (κ3) is 3.22. The molecule has 0 radical (unpaired) electrons. The van der Waals surface area contributed by atoms with E-state index in [1.54, 1.807) is 34.0 Å². The Morgan fingerprint density at radius 3 is 2.79 bits per heavy atom. The van der Waals surface area contributed by atoms with E-state index in [0.29, 0.717) is 12.4 Å². The molecule has 0 aliphatic carbocycles. The number of hydrogen-bond donors (Lipinski definition) is 1. The second-order valence-electron chi connectivity index (χ2n) is 5.62. The van der Waals surface area contributed by atoms with E-state index in [-0.39, 0.29) is 11.9 Å². The van der Waals surface area contributed by atoms with Gasteiger partial charge in [0.2, 0.25) is 0 Å². The number of carbonyl (C=O) groups is 1. The smallest absolute Gasteiger partial charge is 0.272 e. The Hall–Kier alpha value is -2.90. The van der Waals surface area contributed by atoms with Crippen LogP contribution in [0.15, 0.2) is 36.9 Å². The van der Waals surface area contributed by atoms with Crippen LogP contribution in [0.25, 0.3) is 0 Å². The Morgan fingerprint density at radius 1 is 1.29 bits per heavy atom. The summed E-state index contributed by atoms with van der Waals surface area (Å²) in [5, 5.41) is 15.7. The highest BCUT2D eigenvalue weighted by Crippen LogP contribution is 2.17. The molecule has 126 valence electrons. The minimum atomic E-state index is -0.203. The summed E-state index contributed by atoms with van der Waals surface area (Å²) in [4.78, 5) is 12.4. The zero-order valence-electron chi connectivity index (χ0n) is 14.0. The number of aryl methyl sites for hydroxylation is 1. The van der Waals surface area contributed by atoms with Gasteiger partial charge in [0.05, 0.1) is 12.2 Å². The van der Waals surface area contributed by atoms with Crippen molar-refractivity contribution in [1.29, 1.82) is 0 Å². The lowest BCUT2D eigenvalue weighted by Gasteiger charge is -2.13.